The van der Waals surface area contributed by atoms with Crippen LogP contribution in [0.4, 0.5) is 0 Å². The van der Waals surface area contributed by atoms with Crippen LogP contribution in [0.3, 0.4) is 0 Å². The van der Waals surface area contributed by atoms with Crippen molar-refractivity contribution in [3.8, 4) is 5.69 Å². The van der Waals surface area contributed by atoms with Gasteiger partial charge in [-0.25, -0.2) is 4.98 Å². The average molecular weight is 314 g/mol. The van der Waals surface area contributed by atoms with Crippen LogP contribution in [0, 0.1) is 13.8 Å². The summed E-state index contributed by atoms with van der Waals surface area (Å²) in [5.41, 5.74) is 3.70. The summed E-state index contributed by atoms with van der Waals surface area (Å²) in [5, 5.41) is 0.697. The summed E-state index contributed by atoms with van der Waals surface area (Å²) in [6.45, 7) is 4.25. The van der Waals surface area contributed by atoms with Crippen molar-refractivity contribution in [3.63, 3.8) is 0 Å². The normalized spacial score (nSPS) is 10.9. The van der Waals surface area contributed by atoms with Crippen molar-refractivity contribution in [2.75, 3.05) is 0 Å². The van der Waals surface area contributed by atoms with E-state index in [9.17, 15) is 4.79 Å². The first-order chi connectivity index (χ1) is 10.6. The highest BCUT2D eigenvalue weighted by atomic mass is 35.5. The molecule has 0 aliphatic rings. The highest BCUT2D eigenvalue weighted by Crippen LogP contribution is 2.22. The molecule has 0 bridgehead atoms. The molecule has 1 aromatic carbocycles. The molecule has 3 aromatic rings. The maximum Gasteiger partial charge on any atom is 0.184 e. The summed E-state index contributed by atoms with van der Waals surface area (Å²) in [7, 11) is 0. The Morgan fingerprint density at radius 2 is 1.95 bits per heavy atom. The van der Waals surface area contributed by atoms with E-state index in [0.29, 0.717) is 11.6 Å². The van der Waals surface area contributed by atoms with Crippen molar-refractivity contribution in [1.82, 2.24) is 14.1 Å². The second-order valence-electron chi connectivity index (χ2n) is 5.25. The lowest BCUT2D eigenvalue weighted by Crippen LogP contribution is -2.10. The Hall–Kier alpha value is -2.33. The Morgan fingerprint density at radius 1 is 1.23 bits per heavy atom. The molecule has 0 fully saturated rings. The van der Waals surface area contributed by atoms with E-state index >= 15 is 0 Å². The predicted molar refractivity (Wildman–Crippen MR) is 86.8 cm³/mol. The Bertz CT molecular complexity index is 801. The van der Waals surface area contributed by atoms with Gasteiger partial charge in [-0.1, -0.05) is 11.6 Å². The number of imidazole rings is 1. The molecule has 112 valence electrons. The molecule has 4 nitrogen and oxygen atoms in total. The number of aromatic nitrogens is 3. The van der Waals surface area contributed by atoms with Crippen molar-refractivity contribution in [2.24, 2.45) is 0 Å². The number of hydrogen-bond donors (Lipinski definition) is 0. The first kappa shape index (κ1) is 14.6. The van der Waals surface area contributed by atoms with Gasteiger partial charge < -0.3 is 9.13 Å². The number of Topliss-reactive ketones (excluding diaryl/α,β-unsaturated/α-hetero) is 1. The lowest BCUT2D eigenvalue weighted by atomic mass is 10.1. The summed E-state index contributed by atoms with van der Waals surface area (Å²) in [6, 6.07) is 9.54. The number of hydrogen-bond acceptors (Lipinski definition) is 2. The Labute approximate surface area is 134 Å². The molecule has 0 saturated carbocycles. The Balaban J connectivity index is 1.96. The second kappa shape index (κ2) is 5.81. The number of halogens is 1. The molecule has 0 radical (unpaired) electrons. The van der Waals surface area contributed by atoms with Crippen LogP contribution in [-0.4, -0.2) is 19.9 Å². The maximum absolute atomic E-state index is 12.5. The molecule has 3 rings (SSSR count). The zero-order chi connectivity index (χ0) is 15.7. The van der Waals surface area contributed by atoms with Crippen LogP contribution in [0.5, 0.6) is 0 Å². The largest absolute Gasteiger partial charge is 0.330 e. The van der Waals surface area contributed by atoms with Crippen molar-refractivity contribution in [3.05, 3.63) is 71.0 Å². The molecule has 0 atom stereocenters. The molecule has 0 amide bonds. The SMILES string of the molecule is Cc1cc(C(=O)Cn2ccnc2)c(C)n1-c1ccc(Cl)cc1. The van der Waals surface area contributed by atoms with Gasteiger partial charge in [0.05, 0.1) is 12.9 Å². The van der Waals surface area contributed by atoms with Crippen molar-refractivity contribution in [1.29, 1.82) is 0 Å². The van der Waals surface area contributed by atoms with Crippen LogP contribution in [0.2, 0.25) is 5.02 Å². The molecule has 0 aliphatic heterocycles. The van der Waals surface area contributed by atoms with Crippen molar-refractivity contribution in [2.45, 2.75) is 20.4 Å². The summed E-state index contributed by atoms with van der Waals surface area (Å²) >= 11 is 5.94. The number of nitrogens with zero attached hydrogens (tertiary/aromatic N) is 3. The molecule has 0 spiro atoms. The molecule has 0 unspecified atom stereocenters. The molecule has 2 heterocycles. The Morgan fingerprint density at radius 3 is 2.59 bits per heavy atom. The molecule has 0 N–H and O–H groups in total. The number of rotatable bonds is 4. The third-order valence-electron chi connectivity index (χ3n) is 3.70. The maximum atomic E-state index is 12.5. The lowest BCUT2D eigenvalue weighted by Gasteiger charge is -2.10. The van der Waals surface area contributed by atoms with Crippen LogP contribution >= 0.6 is 11.6 Å². The smallest absolute Gasteiger partial charge is 0.184 e. The first-order valence-corrected chi connectivity index (χ1v) is 7.38. The fourth-order valence-corrected chi connectivity index (χ4v) is 2.79. The van der Waals surface area contributed by atoms with Gasteiger partial charge in [0.2, 0.25) is 0 Å². The minimum atomic E-state index is 0.0753. The van der Waals surface area contributed by atoms with Crippen molar-refractivity contribution >= 4 is 17.4 Å². The molecule has 2 aromatic heterocycles. The molecular formula is C17H16ClN3O. The number of ketones is 1. The molecule has 0 aliphatic carbocycles. The summed E-state index contributed by atoms with van der Waals surface area (Å²) in [4.78, 5) is 16.5. The molecule has 0 saturated heterocycles. The second-order valence-corrected chi connectivity index (χ2v) is 5.69. The molecule has 5 heteroatoms. The van der Waals surface area contributed by atoms with Gasteiger partial charge >= 0.3 is 0 Å². The van der Waals surface area contributed by atoms with E-state index in [2.05, 4.69) is 9.55 Å². The highest BCUT2D eigenvalue weighted by Gasteiger charge is 2.16. The van der Waals surface area contributed by atoms with E-state index in [4.69, 9.17) is 11.6 Å². The van der Waals surface area contributed by atoms with Gasteiger partial charge in [0, 0.05) is 40.1 Å². The van der Waals surface area contributed by atoms with Gasteiger partial charge in [-0.15, -0.1) is 0 Å². The lowest BCUT2D eigenvalue weighted by molar-refractivity contribution is 0.0971. The Kier molecular flexibility index (Phi) is 3.86. The fraction of sp³-hybridized carbons (Fsp3) is 0.176. The van der Waals surface area contributed by atoms with E-state index < -0.39 is 0 Å². The van der Waals surface area contributed by atoms with E-state index in [1.807, 2.05) is 44.2 Å². The zero-order valence-corrected chi connectivity index (χ0v) is 13.2. The van der Waals surface area contributed by atoms with Gasteiger partial charge in [-0.2, -0.15) is 0 Å². The van der Waals surface area contributed by atoms with E-state index in [-0.39, 0.29) is 5.78 Å². The third kappa shape index (κ3) is 2.70. The van der Waals surface area contributed by atoms with Gasteiger partial charge in [0.1, 0.15) is 0 Å². The predicted octanol–water partition coefficient (Wildman–Crippen LogP) is 3.83. The van der Waals surface area contributed by atoms with Crippen molar-refractivity contribution < 1.29 is 4.79 Å². The van der Waals surface area contributed by atoms with Gasteiger partial charge in [0.15, 0.2) is 5.78 Å². The zero-order valence-electron chi connectivity index (χ0n) is 12.5. The van der Waals surface area contributed by atoms with Gasteiger partial charge in [-0.3, -0.25) is 4.79 Å². The quantitative estimate of drug-likeness (QED) is 0.687. The fourth-order valence-electron chi connectivity index (χ4n) is 2.66. The summed E-state index contributed by atoms with van der Waals surface area (Å²) < 4.78 is 3.84. The van der Waals surface area contributed by atoms with E-state index in [0.717, 1.165) is 22.6 Å². The summed E-state index contributed by atoms with van der Waals surface area (Å²) in [5.74, 6) is 0.0753. The minimum absolute atomic E-state index is 0.0753. The minimum Gasteiger partial charge on any atom is -0.330 e. The standard InChI is InChI=1S/C17H16ClN3O/c1-12-9-16(17(22)10-20-8-7-19-11-20)13(2)21(12)15-5-3-14(18)4-6-15/h3-9,11H,10H2,1-2H3. The monoisotopic (exact) mass is 313 g/mol. The van der Waals surface area contributed by atoms with Gasteiger partial charge in [0.25, 0.3) is 0 Å². The number of carbonyl (C=O) groups is 1. The van der Waals surface area contributed by atoms with Crippen LogP contribution in [0.25, 0.3) is 5.69 Å². The number of carbonyl (C=O) groups excluding carboxylic acids is 1. The third-order valence-corrected chi connectivity index (χ3v) is 3.95. The van der Waals surface area contributed by atoms with Crippen LogP contribution in [-0.2, 0) is 6.54 Å². The topological polar surface area (TPSA) is 39.8 Å². The molecular weight excluding hydrogens is 298 g/mol. The molecule has 22 heavy (non-hydrogen) atoms. The van der Waals surface area contributed by atoms with Gasteiger partial charge in [-0.05, 0) is 44.2 Å². The first-order valence-electron chi connectivity index (χ1n) is 7.00. The number of benzene rings is 1. The van der Waals surface area contributed by atoms with Crippen LogP contribution in [0.1, 0.15) is 21.7 Å². The summed E-state index contributed by atoms with van der Waals surface area (Å²) in [6.07, 6.45) is 5.11. The average Bonchev–Trinajstić information content (AvgIpc) is 3.09. The number of aryl methyl sites for hydroxylation is 1. The van der Waals surface area contributed by atoms with E-state index in [1.165, 1.54) is 0 Å². The van der Waals surface area contributed by atoms with Crippen LogP contribution in [0.15, 0.2) is 49.1 Å². The van der Waals surface area contributed by atoms with E-state index in [1.54, 1.807) is 23.3 Å². The van der Waals surface area contributed by atoms with Crippen LogP contribution < -0.4 is 0 Å². The highest BCUT2D eigenvalue weighted by molar-refractivity contribution is 6.30.